The molecular formula is C22H38N2O. The highest BCUT2D eigenvalue weighted by atomic mass is 16.5. The number of nitrogens with zero attached hydrogens (tertiary/aromatic N) is 2. The van der Waals surface area contributed by atoms with E-state index in [1.165, 1.54) is 56.4 Å². The first-order valence-electron chi connectivity index (χ1n) is 10.1. The van der Waals surface area contributed by atoms with Crippen LogP contribution in [0.1, 0.15) is 64.5 Å². The van der Waals surface area contributed by atoms with E-state index in [1.54, 1.807) is 0 Å². The van der Waals surface area contributed by atoms with Gasteiger partial charge in [0.25, 0.3) is 0 Å². The molecule has 0 aliphatic carbocycles. The van der Waals surface area contributed by atoms with Crippen LogP contribution in [0.25, 0.3) is 0 Å². The van der Waals surface area contributed by atoms with Gasteiger partial charge in [0, 0.05) is 6.92 Å². The zero-order valence-corrected chi connectivity index (χ0v) is 17.3. The lowest BCUT2D eigenvalue weighted by atomic mass is 9.97. The predicted molar refractivity (Wildman–Crippen MR) is 110 cm³/mol. The largest absolute Gasteiger partial charge is 0.481 e. The number of aryl methyl sites for hydroxylation is 2. The highest BCUT2D eigenvalue weighted by molar-refractivity contribution is 5.77. The van der Waals surface area contributed by atoms with E-state index in [0.29, 0.717) is 5.92 Å². The molecule has 0 unspecified atom stereocenters. The van der Waals surface area contributed by atoms with Crippen LogP contribution < -0.4 is 0 Å². The van der Waals surface area contributed by atoms with E-state index in [1.807, 2.05) is 20.8 Å². The van der Waals surface area contributed by atoms with E-state index in [2.05, 4.69) is 48.9 Å². The highest BCUT2D eigenvalue weighted by Gasteiger charge is 2.19. The Kier molecular flexibility index (Phi) is 10.5. The molecule has 1 aromatic carbocycles. The molecule has 2 rings (SSSR count). The standard InChI is InChI=1S/C20H32N2O.C2H6/c1-5-6-11-22-12-9-19(10-13-22)15-23-18(4)21-20-8-7-16(2)14-17(20)3;1-2/h7-8,14,19H,5-6,9-13,15H2,1-4H3;1-2H3. The van der Waals surface area contributed by atoms with Crippen LogP contribution >= 0.6 is 0 Å². The van der Waals surface area contributed by atoms with Gasteiger partial charge in [0.1, 0.15) is 0 Å². The number of likely N-dealkylation sites (tertiary alicyclic amines) is 1. The summed E-state index contributed by atoms with van der Waals surface area (Å²) in [5.74, 6) is 1.46. The molecule has 0 atom stereocenters. The van der Waals surface area contributed by atoms with Gasteiger partial charge in [0.2, 0.25) is 0 Å². The fourth-order valence-electron chi connectivity index (χ4n) is 3.13. The second kappa shape index (κ2) is 12.1. The molecule has 0 amide bonds. The topological polar surface area (TPSA) is 24.8 Å². The average Bonchev–Trinajstić information content (AvgIpc) is 2.63. The molecule has 1 fully saturated rings. The van der Waals surface area contributed by atoms with Gasteiger partial charge in [-0.2, -0.15) is 0 Å². The molecule has 25 heavy (non-hydrogen) atoms. The van der Waals surface area contributed by atoms with Gasteiger partial charge in [-0.15, -0.1) is 0 Å². The second-order valence-electron chi connectivity index (χ2n) is 6.87. The summed E-state index contributed by atoms with van der Waals surface area (Å²) in [6, 6.07) is 6.34. The Morgan fingerprint density at radius 1 is 1.20 bits per heavy atom. The Bertz CT molecular complexity index is 517. The second-order valence-corrected chi connectivity index (χ2v) is 6.87. The zero-order valence-electron chi connectivity index (χ0n) is 17.3. The minimum atomic E-state index is 0.678. The van der Waals surface area contributed by atoms with Gasteiger partial charge in [0.15, 0.2) is 5.90 Å². The number of piperidine rings is 1. The SMILES string of the molecule is CC.CCCCN1CCC(COC(C)=Nc2ccc(C)cc2C)CC1. The van der Waals surface area contributed by atoms with Gasteiger partial charge < -0.3 is 9.64 Å². The number of aliphatic imine (C=N–C) groups is 1. The first-order chi connectivity index (χ1) is 12.1. The van der Waals surface area contributed by atoms with Crippen molar-refractivity contribution in [3.63, 3.8) is 0 Å². The Balaban J connectivity index is 0.00000151. The van der Waals surface area contributed by atoms with Crippen molar-refractivity contribution in [1.82, 2.24) is 4.90 Å². The van der Waals surface area contributed by atoms with E-state index in [9.17, 15) is 0 Å². The first kappa shape index (κ1) is 21.7. The summed E-state index contributed by atoms with van der Waals surface area (Å²) in [6.45, 7) is 17.0. The van der Waals surface area contributed by atoms with Crippen LogP contribution in [0.5, 0.6) is 0 Å². The summed E-state index contributed by atoms with van der Waals surface area (Å²) in [4.78, 5) is 7.22. The van der Waals surface area contributed by atoms with Crippen molar-refractivity contribution in [2.24, 2.45) is 10.9 Å². The minimum Gasteiger partial charge on any atom is -0.481 e. The van der Waals surface area contributed by atoms with Crippen LogP contribution in [0.15, 0.2) is 23.2 Å². The fourth-order valence-corrected chi connectivity index (χ4v) is 3.13. The third kappa shape index (κ3) is 8.04. The van der Waals surface area contributed by atoms with Crippen molar-refractivity contribution in [1.29, 1.82) is 0 Å². The molecule has 1 aromatic rings. The van der Waals surface area contributed by atoms with Crippen molar-refractivity contribution in [3.8, 4) is 0 Å². The molecule has 0 bridgehead atoms. The first-order valence-corrected chi connectivity index (χ1v) is 10.1. The van der Waals surface area contributed by atoms with Gasteiger partial charge in [0.05, 0.1) is 12.3 Å². The normalized spacial score (nSPS) is 16.3. The maximum atomic E-state index is 5.92. The predicted octanol–water partition coefficient (Wildman–Crippen LogP) is 5.91. The monoisotopic (exact) mass is 346 g/mol. The summed E-state index contributed by atoms with van der Waals surface area (Å²) >= 11 is 0. The lowest BCUT2D eigenvalue weighted by molar-refractivity contribution is 0.135. The Morgan fingerprint density at radius 3 is 2.48 bits per heavy atom. The van der Waals surface area contributed by atoms with E-state index in [-0.39, 0.29) is 0 Å². The molecule has 0 spiro atoms. The average molecular weight is 347 g/mol. The van der Waals surface area contributed by atoms with Crippen LogP contribution in [0.3, 0.4) is 0 Å². The van der Waals surface area contributed by atoms with Crippen molar-refractivity contribution < 1.29 is 4.74 Å². The quantitative estimate of drug-likeness (QED) is 0.472. The number of rotatable bonds is 6. The van der Waals surface area contributed by atoms with Crippen LogP contribution in [-0.2, 0) is 4.74 Å². The Hall–Kier alpha value is -1.35. The molecule has 0 radical (unpaired) electrons. The molecule has 3 heteroatoms. The number of benzene rings is 1. The number of ether oxygens (including phenoxy) is 1. The Labute approximate surface area is 155 Å². The van der Waals surface area contributed by atoms with Crippen molar-refractivity contribution in [2.45, 2.75) is 67.2 Å². The Morgan fingerprint density at radius 2 is 1.88 bits per heavy atom. The van der Waals surface area contributed by atoms with Gasteiger partial charge in [-0.3, -0.25) is 0 Å². The van der Waals surface area contributed by atoms with Gasteiger partial charge >= 0.3 is 0 Å². The lowest BCUT2D eigenvalue weighted by Gasteiger charge is -2.31. The molecule has 1 saturated heterocycles. The molecule has 1 aliphatic heterocycles. The third-order valence-electron chi connectivity index (χ3n) is 4.69. The number of hydrogen-bond donors (Lipinski definition) is 0. The molecule has 3 nitrogen and oxygen atoms in total. The molecule has 0 aromatic heterocycles. The summed E-state index contributed by atoms with van der Waals surface area (Å²) in [5.41, 5.74) is 3.49. The molecule has 0 N–H and O–H groups in total. The lowest BCUT2D eigenvalue weighted by Crippen LogP contribution is -2.35. The molecule has 1 aliphatic rings. The van der Waals surface area contributed by atoms with Crippen LogP contribution in [0, 0.1) is 19.8 Å². The van der Waals surface area contributed by atoms with Crippen molar-refractivity contribution >= 4 is 11.6 Å². The summed E-state index contributed by atoms with van der Waals surface area (Å²) in [6.07, 6.45) is 5.11. The summed E-state index contributed by atoms with van der Waals surface area (Å²) in [7, 11) is 0. The molecule has 0 saturated carbocycles. The van der Waals surface area contributed by atoms with Gasteiger partial charge in [-0.1, -0.05) is 44.9 Å². The van der Waals surface area contributed by atoms with E-state index in [4.69, 9.17) is 4.74 Å². The van der Waals surface area contributed by atoms with E-state index < -0.39 is 0 Å². The smallest absolute Gasteiger partial charge is 0.185 e. The molecule has 1 heterocycles. The number of hydrogen-bond acceptors (Lipinski definition) is 3. The van der Waals surface area contributed by atoms with Crippen LogP contribution in [0.2, 0.25) is 0 Å². The summed E-state index contributed by atoms with van der Waals surface area (Å²) < 4.78 is 5.92. The highest BCUT2D eigenvalue weighted by Crippen LogP contribution is 2.21. The van der Waals surface area contributed by atoms with Crippen molar-refractivity contribution in [2.75, 3.05) is 26.2 Å². The third-order valence-corrected chi connectivity index (χ3v) is 4.69. The zero-order chi connectivity index (χ0) is 18.7. The van der Waals surface area contributed by atoms with Crippen LogP contribution in [0.4, 0.5) is 5.69 Å². The van der Waals surface area contributed by atoms with E-state index in [0.717, 1.165) is 18.2 Å². The van der Waals surface area contributed by atoms with E-state index >= 15 is 0 Å². The van der Waals surface area contributed by atoms with Gasteiger partial charge in [-0.25, -0.2) is 4.99 Å². The van der Waals surface area contributed by atoms with Crippen molar-refractivity contribution in [3.05, 3.63) is 29.3 Å². The van der Waals surface area contributed by atoms with Gasteiger partial charge in [-0.05, 0) is 70.3 Å². The fraction of sp³-hybridized carbons (Fsp3) is 0.682. The molecular weight excluding hydrogens is 308 g/mol. The molecule has 142 valence electrons. The summed E-state index contributed by atoms with van der Waals surface area (Å²) in [5, 5.41) is 0. The van der Waals surface area contributed by atoms with Crippen LogP contribution in [-0.4, -0.2) is 37.0 Å². The maximum absolute atomic E-state index is 5.92. The minimum absolute atomic E-state index is 0.678. The maximum Gasteiger partial charge on any atom is 0.185 e. The number of unbranched alkanes of at least 4 members (excludes halogenated alkanes) is 1.